The third-order valence-electron chi connectivity index (χ3n) is 4.44. The predicted octanol–water partition coefficient (Wildman–Crippen LogP) is 3.09. The molecule has 0 saturated carbocycles. The van der Waals surface area contributed by atoms with E-state index in [-0.39, 0.29) is 12.5 Å². The number of methoxy groups -OCH3 is 2. The van der Waals surface area contributed by atoms with Gasteiger partial charge in [0, 0.05) is 16.6 Å². The average molecular weight is 429 g/mol. The van der Waals surface area contributed by atoms with Gasteiger partial charge in [0.15, 0.2) is 16.3 Å². The van der Waals surface area contributed by atoms with Crippen LogP contribution in [0, 0.1) is 6.92 Å². The molecule has 0 aliphatic carbocycles. The van der Waals surface area contributed by atoms with Crippen LogP contribution in [-0.2, 0) is 11.3 Å². The average Bonchev–Trinajstić information content (AvgIpc) is 3.40. The summed E-state index contributed by atoms with van der Waals surface area (Å²) in [5.41, 5.74) is 0.361. The first-order valence-corrected chi connectivity index (χ1v) is 10.0. The maximum atomic E-state index is 12.7. The lowest BCUT2D eigenvalue weighted by atomic mass is 10.2. The van der Waals surface area contributed by atoms with Gasteiger partial charge in [-0.2, -0.15) is 4.99 Å². The summed E-state index contributed by atoms with van der Waals surface area (Å²) in [6, 6.07) is 7.85. The van der Waals surface area contributed by atoms with Crippen molar-refractivity contribution in [2.75, 3.05) is 14.2 Å². The first-order chi connectivity index (χ1) is 14.4. The molecular formula is C21H23N3O5S. The van der Waals surface area contributed by atoms with Crippen LogP contribution in [0.15, 0.2) is 52.2 Å². The minimum Gasteiger partial charge on any atom is -0.493 e. The number of furan rings is 1. The molecule has 1 aromatic carbocycles. The highest BCUT2D eigenvalue weighted by molar-refractivity contribution is 7.09. The molecule has 8 nitrogen and oxygen atoms in total. The first-order valence-electron chi connectivity index (χ1n) is 9.22. The molecule has 2 heterocycles. The monoisotopic (exact) mass is 429 g/mol. The molecule has 3 rings (SSSR count). The molecule has 1 unspecified atom stereocenters. The lowest BCUT2D eigenvalue weighted by Crippen LogP contribution is -2.34. The molecule has 0 saturated heterocycles. The quantitative estimate of drug-likeness (QED) is 0.623. The van der Waals surface area contributed by atoms with E-state index in [1.165, 1.54) is 25.6 Å². The van der Waals surface area contributed by atoms with Crippen molar-refractivity contribution < 1.29 is 23.5 Å². The molecule has 158 valence electrons. The van der Waals surface area contributed by atoms with E-state index < -0.39 is 11.9 Å². The van der Waals surface area contributed by atoms with Crippen molar-refractivity contribution in [3.63, 3.8) is 0 Å². The van der Waals surface area contributed by atoms with Crippen LogP contribution >= 0.6 is 11.3 Å². The van der Waals surface area contributed by atoms with Gasteiger partial charge in [-0.25, -0.2) is 0 Å². The van der Waals surface area contributed by atoms with Crippen LogP contribution in [0.4, 0.5) is 0 Å². The number of thiazole rings is 1. The van der Waals surface area contributed by atoms with Crippen molar-refractivity contribution in [1.29, 1.82) is 0 Å². The summed E-state index contributed by atoms with van der Waals surface area (Å²) in [5.74, 6) is 0.993. The van der Waals surface area contributed by atoms with E-state index in [4.69, 9.17) is 13.9 Å². The number of rotatable bonds is 7. The summed E-state index contributed by atoms with van der Waals surface area (Å²) in [4.78, 5) is 30.9. The Morgan fingerprint density at radius 3 is 2.67 bits per heavy atom. The van der Waals surface area contributed by atoms with Gasteiger partial charge in [-0.05, 0) is 44.2 Å². The van der Waals surface area contributed by atoms with Crippen molar-refractivity contribution in [2.24, 2.45) is 4.99 Å². The fourth-order valence-corrected chi connectivity index (χ4v) is 3.71. The van der Waals surface area contributed by atoms with Gasteiger partial charge in [-0.15, -0.1) is 11.3 Å². The van der Waals surface area contributed by atoms with Crippen molar-refractivity contribution >= 4 is 23.2 Å². The molecule has 0 aliphatic heterocycles. The van der Waals surface area contributed by atoms with Crippen LogP contribution in [0.25, 0.3) is 0 Å². The maximum absolute atomic E-state index is 12.7. The van der Waals surface area contributed by atoms with Crippen LogP contribution in [0.2, 0.25) is 0 Å². The Labute approximate surface area is 177 Å². The second-order valence-corrected chi connectivity index (χ2v) is 7.70. The van der Waals surface area contributed by atoms with Gasteiger partial charge in [0.05, 0.1) is 27.0 Å². The molecule has 1 atom stereocenters. The van der Waals surface area contributed by atoms with Gasteiger partial charge in [0.1, 0.15) is 11.8 Å². The van der Waals surface area contributed by atoms with Crippen LogP contribution in [0.5, 0.6) is 11.5 Å². The molecule has 2 amide bonds. The summed E-state index contributed by atoms with van der Waals surface area (Å²) < 4.78 is 17.4. The number of hydrogen-bond acceptors (Lipinski definition) is 6. The van der Waals surface area contributed by atoms with Gasteiger partial charge >= 0.3 is 0 Å². The van der Waals surface area contributed by atoms with E-state index in [9.17, 15) is 9.59 Å². The summed E-state index contributed by atoms with van der Waals surface area (Å²) >= 11 is 1.34. The third-order valence-corrected chi connectivity index (χ3v) is 5.35. The number of nitrogens with zero attached hydrogens (tertiary/aromatic N) is 2. The SMILES string of the molecule is COc1ccc(C(=O)N=c2sc(C)cn2C(C)C(=O)NCc2ccco2)cc1OC. The van der Waals surface area contributed by atoms with Crippen molar-refractivity contribution in [1.82, 2.24) is 9.88 Å². The number of aryl methyl sites for hydroxylation is 1. The Balaban J connectivity index is 1.84. The van der Waals surface area contributed by atoms with Gasteiger partial charge in [0.25, 0.3) is 5.91 Å². The maximum Gasteiger partial charge on any atom is 0.279 e. The Hall–Kier alpha value is -3.33. The summed E-state index contributed by atoms with van der Waals surface area (Å²) in [7, 11) is 3.03. The highest BCUT2D eigenvalue weighted by atomic mass is 32.1. The lowest BCUT2D eigenvalue weighted by Gasteiger charge is -2.13. The lowest BCUT2D eigenvalue weighted by molar-refractivity contribution is -0.124. The largest absolute Gasteiger partial charge is 0.493 e. The normalized spacial score (nSPS) is 12.5. The summed E-state index contributed by atoms with van der Waals surface area (Å²) in [6.07, 6.45) is 3.36. The van der Waals surface area contributed by atoms with Crippen LogP contribution in [0.1, 0.15) is 34.0 Å². The van der Waals surface area contributed by atoms with Crippen LogP contribution in [0.3, 0.4) is 0 Å². The molecule has 30 heavy (non-hydrogen) atoms. The Morgan fingerprint density at radius 2 is 2.00 bits per heavy atom. The molecule has 9 heteroatoms. The van der Waals surface area contributed by atoms with Crippen LogP contribution in [-0.4, -0.2) is 30.6 Å². The van der Waals surface area contributed by atoms with Crippen molar-refractivity contribution in [3.8, 4) is 11.5 Å². The van der Waals surface area contributed by atoms with Crippen molar-refractivity contribution in [2.45, 2.75) is 26.4 Å². The van der Waals surface area contributed by atoms with E-state index in [1.807, 2.05) is 13.1 Å². The van der Waals surface area contributed by atoms with E-state index in [0.717, 1.165) is 4.88 Å². The number of aromatic nitrogens is 1. The standard InChI is InChI=1S/C21H23N3O5S/c1-13-12-24(14(2)19(25)22-11-16-6-5-9-29-16)21(30-13)23-20(26)15-7-8-17(27-3)18(10-15)28-4/h5-10,12,14H,11H2,1-4H3,(H,22,25). The molecule has 1 N–H and O–H groups in total. The number of amides is 2. The second-order valence-electron chi connectivity index (χ2n) is 6.49. The predicted molar refractivity (Wildman–Crippen MR) is 112 cm³/mol. The molecule has 0 spiro atoms. The number of hydrogen-bond donors (Lipinski definition) is 1. The third kappa shape index (κ3) is 4.80. The van der Waals surface area contributed by atoms with Crippen LogP contribution < -0.4 is 19.6 Å². The van der Waals surface area contributed by atoms with E-state index in [2.05, 4.69) is 10.3 Å². The summed E-state index contributed by atoms with van der Waals surface area (Å²) in [6.45, 7) is 3.94. The van der Waals surface area contributed by atoms with Crippen molar-refractivity contribution in [3.05, 3.63) is 63.8 Å². The minimum atomic E-state index is -0.554. The Bertz CT molecular complexity index is 1100. The molecule has 0 radical (unpaired) electrons. The molecule has 0 aliphatic rings. The number of nitrogens with one attached hydrogen (secondary N) is 1. The zero-order chi connectivity index (χ0) is 21.7. The topological polar surface area (TPSA) is 95.1 Å². The van der Waals surface area contributed by atoms with Gasteiger partial charge in [0.2, 0.25) is 5.91 Å². The molecule has 0 fully saturated rings. The van der Waals surface area contributed by atoms with E-state index in [0.29, 0.717) is 27.6 Å². The van der Waals surface area contributed by atoms with E-state index >= 15 is 0 Å². The highest BCUT2D eigenvalue weighted by Crippen LogP contribution is 2.27. The second kappa shape index (κ2) is 9.45. The Morgan fingerprint density at radius 1 is 1.23 bits per heavy atom. The fourth-order valence-electron chi connectivity index (χ4n) is 2.81. The molecule has 2 aromatic heterocycles. The van der Waals surface area contributed by atoms with E-state index in [1.54, 1.807) is 48.1 Å². The number of carbonyl (C=O) groups excluding carboxylic acids is 2. The molecule has 3 aromatic rings. The zero-order valence-electron chi connectivity index (χ0n) is 17.2. The zero-order valence-corrected chi connectivity index (χ0v) is 18.0. The van der Waals surface area contributed by atoms with Gasteiger partial charge < -0.3 is 23.8 Å². The Kier molecular flexibility index (Phi) is 6.73. The first kappa shape index (κ1) is 21.4. The highest BCUT2D eigenvalue weighted by Gasteiger charge is 2.18. The molecular weight excluding hydrogens is 406 g/mol. The number of ether oxygens (including phenoxy) is 2. The molecule has 0 bridgehead atoms. The minimum absolute atomic E-state index is 0.204. The number of benzene rings is 1. The smallest absolute Gasteiger partial charge is 0.279 e. The fraction of sp³-hybridized carbons (Fsp3) is 0.286. The summed E-state index contributed by atoms with van der Waals surface area (Å²) in [5, 5.41) is 2.83. The number of carbonyl (C=O) groups is 2. The van der Waals surface area contributed by atoms with Gasteiger partial charge in [-0.3, -0.25) is 9.59 Å². The van der Waals surface area contributed by atoms with Gasteiger partial charge in [-0.1, -0.05) is 0 Å².